The molecule has 0 saturated carbocycles. The highest BCUT2D eigenvalue weighted by molar-refractivity contribution is 9.10. The first-order chi connectivity index (χ1) is 10.8. The van der Waals surface area contributed by atoms with Crippen molar-refractivity contribution in [3.63, 3.8) is 0 Å². The van der Waals surface area contributed by atoms with Gasteiger partial charge in [-0.3, -0.25) is 4.79 Å². The molecule has 0 spiro atoms. The predicted molar refractivity (Wildman–Crippen MR) is 94.0 cm³/mol. The molecular weight excluding hydrogens is 356 g/mol. The second-order valence-corrected chi connectivity index (χ2v) is 7.50. The zero-order valence-corrected chi connectivity index (χ0v) is 15.0. The predicted octanol–water partition coefficient (Wildman–Crippen LogP) is 4.65. The number of esters is 1. The third-order valence-electron chi connectivity index (χ3n) is 3.62. The fourth-order valence-electron chi connectivity index (χ4n) is 2.19. The molecule has 0 amide bonds. The monoisotopic (exact) mass is 374 g/mol. The molecule has 0 radical (unpaired) electrons. The molecule has 1 atom stereocenters. The second kappa shape index (κ2) is 6.67. The molecule has 0 aliphatic rings. The molecule has 0 heterocycles. The lowest BCUT2D eigenvalue weighted by Gasteiger charge is -2.36. The van der Waals surface area contributed by atoms with Crippen molar-refractivity contribution in [3.8, 4) is 5.75 Å². The van der Waals surface area contributed by atoms with E-state index in [1.54, 1.807) is 48.5 Å². The summed E-state index contributed by atoms with van der Waals surface area (Å²) in [4.78, 5) is 25.8. The Morgan fingerprint density at radius 3 is 1.83 bits per heavy atom. The number of carbonyl (C=O) groups excluding carboxylic acids is 2. The Hall–Kier alpha value is -1.94. The number of halogens is 1. The van der Waals surface area contributed by atoms with E-state index in [1.165, 1.54) is 0 Å². The molecule has 2 aromatic carbocycles. The summed E-state index contributed by atoms with van der Waals surface area (Å²) in [6.45, 7) is 5.48. The van der Waals surface area contributed by atoms with E-state index in [2.05, 4.69) is 15.9 Å². The largest absolute Gasteiger partial charge is 0.425 e. The third kappa shape index (κ3) is 3.53. The highest BCUT2D eigenvalue weighted by atomic mass is 79.9. The Kier molecular flexibility index (Phi) is 5.05. The Morgan fingerprint density at radius 2 is 1.35 bits per heavy atom. The summed E-state index contributed by atoms with van der Waals surface area (Å²) in [5.41, 5.74) is -0.212. The van der Waals surface area contributed by atoms with Gasteiger partial charge in [0.2, 0.25) is 0 Å². The van der Waals surface area contributed by atoms with Gasteiger partial charge in [0.15, 0.2) is 10.1 Å². The molecule has 0 aliphatic carbocycles. The van der Waals surface area contributed by atoms with Crippen LogP contribution in [0.5, 0.6) is 5.75 Å². The maximum Gasteiger partial charge on any atom is 0.336 e. The molecule has 23 heavy (non-hydrogen) atoms. The SMILES string of the molecule is CC(C)(C)C(Br)(C(=O)Oc1ccccc1)C(=O)c1ccccc1. The molecule has 0 saturated heterocycles. The van der Waals surface area contributed by atoms with Crippen molar-refractivity contribution >= 4 is 27.7 Å². The van der Waals surface area contributed by atoms with Gasteiger partial charge in [-0.05, 0) is 17.5 Å². The molecule has 0 fully saturated rings. The maximum atomic E-state index is 13.0. The van der Waals surface area contributed by atoms with Crippen LogP contribution in [-0.2, 0) is 4.79 Å². The van der Waals surface area contributed by atoms with E-state index in [0.717, 1.165) is 0 Å². The molecule has 4 heteroatoms. The molecule has 3 nitrogen and oxygen atoms in total. The molecule has 0 aliphatic heterocycles. The van der Waals surface area contributed by atoms with E-state index in [9.17, 15) is 9.59 Å². The number of alkyl halides is 1. The van der Waals surface area contributed by atoms with Crippen LogP contribution in [0.3, 0.4) is 0 Å². The summed E-state index contributed by atoms with van der Waals surface area (Å²) < 4.78 is 3.97. The van der Waals surface area contributed by atoms with Crippen molar-refractivity contribution in [2.24, 2.45) is 5.41 Å². The average molecular weight is 375 g/mol. The van der Waals surface area contributed by atoms with Gasteiger partial charge in [0.05, 0.1) is 0 Å². The minimum absolute atomic E-state index is 0.313. The first-order valence-electron chi connectivity index (χ1n) is 7.33. The quantitative estimate of drug-likeness (QED) is 0.257. The van der Waals surface area contributed by atoms with Gasteiger partial charge in [0, 0.05) is 5.56 Å². The lowest BCUT2D eigenvalue weighted by Crippen LogP contribution is -2.53. The van der Waals surface area contributed by atoms with Gasteiger partial charge < -0.3 is 4.74 Å². The van der Waals surface area contributed by atoms with Gasteiger partial charge in [-0.25, -0.2) is 4.79 Å². The summed E-state index contributed by atoms with van der Waals surface area (Å²) >= 11 is 3.41. The highest BCUT2D eigenvalue weighted by Crippen LogP contribution is 2.42. The number of ether oxygens (including phenoxy) is 1. The van der Waals surface area contributed by atoms with Crippen molar-refractivity contribution < 1.29 is 14.3 Å². The Labute approximate surface area is 144 Å². The van der Waals surface area contributed by atoms with Gasteiger partial charge in [0.25, 0.3) is 0 Å². The summed E-state index contributed by atoms with van der Waals surface area (Å²) in [5.74, 6) is -0.525. The lowest BCUT2D eigenvalue weighted by atomic mass is 9.76. The van der Waals surface area contributed by atoms with Crippen LogP contribution >= 0.6 is 15.9 Å². The van der Waals surface area contributed by atoms with Crippen LogP contribution in [0.25, 0.3) is 0 Å². The second-order valence-electron chi connectivity index (χ2n) is 6.31. The number of benzene rings is 2. The van der Waals surface area contributed by atoms with Crippen LogP contribution in [0.2, 0.25) is 0 Å². The van der Waals surface area contributed by atoms with E-state index in [-0.39, 0.29) is 5.78 Å². The number of rotatable bonds is 4. The minimum Gasteiger partial charge on any atom is -0.425 e. The van der Waals surface area contributed by atoms with Crippen molar-refractivity contribution in [2.75, 3.05) is 0 Å². The number of ketones is 1. The molecular formula is C19H19BrO3. The average Bonchev–Trinajstić information content (AvgIpc) is 2.54. The van der Waals surface area contributed by atoms with Crippen LogP contribution < -0.4 is 4.74 Å². The molecule has 0 aromatic heterocycles. The van der Waals surface area contributed by atoms with Gasteiger partial charge in [-0.1, -0.05) is 85.2 Å². The molecule has 2 aromatic rings. The van der Waals surface area contributed by atoms with Crippen LogP contribution in [0, 0.1) is 5.41 Å². The Bertz CT molecular complexity index is 690. The number of hydrogen-bond acceptors (Lipinski definition) is 3. The first-order valence-corrected chi connectivity index (χ1v) is 8.12. The lowest BCUT2D eigenvalue weighted by molar-refractivity contribution is -0.137. The maximum absolute atomic E-state index is 13.0. The normalized spacial score (nSPS) is 13.9. The van der Waals surface area contributed by atoms with E-state index in [4.69, 9.17) is 4.74 Å². The molecule has 0 N–H and O–H groups in total. The Morgan fingerprint density at radius 1 is 0.870 bits per heavy atom. The van der Waals surface area contributed by atoms with Crippen LogP contribution in [0.4, 0.5) is 0 Å². The summed E-state index contributed by atoms with van der Waals surface area (Å²) in [5, 5.41) is 0. The summed E-state index contributed by atoms with van der Waals surface area (Å²) in [7, 11) is 0. The van der Waals surface area contributed by atoms with Crippen molar-refractivity contribution in [2.45, 2.75) is 25.1 Å². The van der Waals surface area contributed by atoms with E-state index in [0.29, 0.717) is 11.3 Å². The van der Waals surface area contributed by atoms with Gasteiger partial charge in [0.1, 0.15) is 5.75 Å². The van der Waals surface area contributed by atoms with E-state index >= 15 is 0 Å². The number of para-hydroxylation sites is 1. The van der Waals surface area contributed by atoms with Gasteiger partial charge in [-0.2, -0.15) is 0 Å². The molecule has 120 valence electrons. The van der Waals surface area contributed by atoms with Gasteiger partial charge in [-0.15, -0.1) is 0 Å². The fourth-order valence-corrected chi connectivity index (χ4v) is 2.50. The number of Topliss-reactive ketones (excluding diaryl/α,β-unsaturated/α-hetero) is 1. The zero-order chi connectivity index (χ0) is 17.1. The summed E-state index contributed by atoms with van der Waals surface area (Å²) in [6.07, 6.45) is 0. The van der Waals surface area contributed by atoms with Crippen LogP contribution in [-0.4, -0.2) is 16.1 Å². The first kappa shape index (κ1) is 17.4. The van der Waals surface area contributed by atoms with Gasteiger partial charge >= 0.3 is 5.97 Å². The molecule has 1 unspecified atom stereocenters. The number of hydrogen-bond donors (Lipinski definition) is 0. The topological polar surface area (TPSA) is 43.4 Å². The smallest absolute Gasteiger partial charge is 0.336 e. The third-order valence-corrected chi connectivity index (χ3v) is 5.49. The van der Waals surface area contributed by atoms with Crippen LogP contribution in [0.1, 0.15) is 31.1 Å². The van der Waals surface area contributed by atoms with E-state index < -0.39 is 15.7 Å². The minimum atomic E-state index is -1.48. The van der Waals surface area contributed by atoms with Crippen molar-refractivity contribution in [1.82, 2.24) is 0 Å². The van der Waals surface area contributed by atoms with E-state index in [1.807, 2.05) is 32.9 Å². The van der Waals surface area contributed by atoms with Crippen LogP contribution in [0.15, 0.2) is 60.7 Å². The molecule has 2 rings (SSSR count). The Balaban J connectivity index is 2.40. The highest BCUT2D eigenvalue weighted by Gasteiger charge is 2.54. The number of carbonyl (C=O) groups is 2. The summed E-state index contributed by atoms with van der Waals surface area (Å²) in [6, 6.07) is 17.5. The van der Waals surface area contributed by atoms with Crippen molar-refractivity contribution in [3.05, 3.63) is 66.2 Å². The zero-order valence-electron chi connectivity index (χ0n) is 13.4. The fraction of sp³-hybridized carbons (Fsp3) is 0.263. The molecule has 0 bridgehead atoms. The van der Waals surface area contributed by atoms with Crippen molar-refractivity contribution in [1.29, 1.82) is 0 Å². The standard InChI is InChI=1S/C19H19BrO3/c1-18(2,3)19(20,16(21)14-10-6-4-7-11-14)17(22)23-15-12-8-5-9-13-15/h4-13H,1-3H3.